The number of H-pyrrole nitrogens is 2. The molecule has 84 heavy (non-hydrogen) atoms. The predicted molar refractivity (Wildman–Crippen MR) is 317 cm³/mol. The fourth-order valence-electron chi connectivity index (χ4n) is 10.0. The first-order chi connectivity index (χ1) is 40.4. The molecule has 9 amide bonds. The highest BCUT2D eigenvalue weighted by atomic mass is 16.2. The average molecular weight is 1150 g/mol. The number of carbonyl (C=O) groups is 9. The van der Waals surface area contributed by atoms with Crippen LogP contribution in [0.2, 0.25) is 0 Å². The third-order valence-electron chi connectivity index (χ3n) is 14.5. The SMILES string of the molecule is CCCC[C@H](NC(C)=O)C(=O)N[C@H]1CC(=O)NCCCC[C@@H](C(N)=O)NC(=O)[C@H](Cc2c[nH]c3ccccc23)NC(=O)[C@H](CCCN=C(N)N)NC(=O)[C@@H](Cc2cccc(-c3ccc4ccccc4c3)c2)NC(=O)[C@H](Cc2cnc[nH]2)NC1=O. The normalized spacial score (nSPS) is 20.2. The number of benzene rings is 4. The van der Waals surface area contributed by atoms with Crippen molar-refractivity contribution >= 4 is 80.8 Å². The van der Waals surface area contributed by atoms with E-state index in [4.69, 9.17) is 17.2 Å². The first kappa shape index (κ1) is 62.0. The molecule has 0 aliphatic carbocycles. The molecule has 1 saturated heterocycles. The molecule has 3 heterocycles. The molecule has 7 rings (SSSR count). The van der Waals surface area contributed by atoms with Crippen molar-refractivity contribution in [1.29, 1.82) is 0 Å². The summed E-state index contributed by atoms with van der Waals surface area (Å²) in [5.74, 6) is -7.18. The Morgan fingerprint density at radius 3 is 2.11 bits per heavy atom. The quantitative estimate of drug-likeness (QED) is 0.0332. The van der Waals surface area contributed by atoms with Gasteiger partial charge in [0.05, 0.1) is 12.7 Å². The minimum atomic E-state index is -1.60. The van der Waals surface area contributed by atoms with Gasteiger partial charge in [0, 0.05) is 68.3 Å². The summed E-state index contributed by atoms with van der Waals surface area (Å²) >= 11 is 0. The van der Waals surface area contributed by atoms with Crippen molar-refractivity contribution in [3.63, 3.8) is 0 Å². The highest BCUT2D eigenvalue weighted by Crippen LogP contribution is 2.26. The van der Waals surface area contributed by atoms with Crippen LogP contribution in [-0.4, -0.2) is 129 Å². The summed E-state index contributed by atoms with van der Waals surface area (Å²) < 4.78 is 0. The second-order valence-electron chi connectivity index (χ2n) is 21.0. The van der Waals surface area contributed by atoms with Gasteiger partial charge in [-0.2, -0.15) is 0 Å². The number of hydrogen-bond donors (Lipinski definition) is 13. The Labute approximate surface area is 485 Å². The van der Waals surface area contributed by atoms with Crippen molar-refractivity contribution in [3.05, 3.63) is 127 Å². The number of para-hydroxylation sites is 1. The molecule has 2 aromatic heterocycles. The third-order valence-corrected chi connectivity index (χ3v) is 14.5. The summed E-state index contributed by atoms with van der Waals surface area (Å²) in [6.45, 7) is 3.24. The largest absolute Gasteiger partial charge is 0.370 e. The van der Waals surface area contributed by atoms with Crippen LogP contribution in [0.3, 0.4) is 0 Å². The number of unbranched alkanes of at least 4 members (excludes halogenated alkanes) is 1. The van der Waals surface area contributed by atoms with Crippen molar-refractivity contribution in [2.24, 2.45) is 22.2 Å². The number of imidazole rings is 1. The van der Waals surface area contributed by atoms with Crippen molar-refractivity contribution in [2.45, 2.75) is 133 Å². The molecule has 24 heteroatoms. The van der Waals surface area contributed by atoms with E-state index in [0.29, 0.717) is 29.7 Å². The molecule has 4 aromatic carbocycles. The number of primary amides is 1. The number of aromatic amines is 2. The molecule has 7 atom stereocenters. The zero-order valence-electron chi connectivity index (χ0n) is 47.1. The first-order valence-electron chi connectivity index (χ1n) is 28.3. The summed E-state index contributed by atoms with van der Waals surface area (Å²) in [5.41, 5.74) is 21.2. The number of amides is 9. The molecule has 24 nitrogen and oxygen atoms in total. The third kappa shape index (κ3) is 18.2. The lowest BCUT2D eigenvalue weighted by Crippen LogP contribution is -2.61. The van der Waals surface area contributed by atoms with Gasteiger partial charge in [-0.15, -0.1) is 0 Å². The Balaban J connectivity index is 1.29. The van der Waals surface area contributed by atoms with Gasteiger partial charge in [-0.3, -0.25) is 48.1 Å². The Morgan fingerprint density at radius 2 is 1.38 bits per heavy atom. The van der Waals surface area contributed by atoms with Crippen molar-refractivity contribution in [3.8, 4) is 11.1 Å². The number of carbonyl (C=O) groups excluding carboxylic acids is 9. The van der Waals surface area contributed by atoms with E-state index in [1.807, 2.05) is 91.9 Å². The van der Waals surface area contributed by atoms with Gasteiger partial charge in [-0.05, 0) is 83.7 Å². The van der Waals surface area contributed by atoms with Gasteiger partial charge in [0.15, 0.2) is 5.96 Å². The number of hydrogen-bond acceptors (Lipinski definition) is 11. The monoisotopic (exact) mass is 1150 g/mol. The topological polar surface area (TPSA) is 385 Å². The van der Waals surface area contributed by atoms with Gasteiger partial charge in [-0.1, -0.05) is 98.6 Å². The molecule has 0 radical (unpaired) electrons. The zero-order chi connectivity index (χ0) is 60.1. The molecule has 0 unspecified atom stereocenters. The summed E-state index contributed by atoms with van der Waals surface area (Å²) in [4.78, 5) is 141. The zero-order valence-corrected chi connectivity index (χ0v) is 47.1. The number of aliphatic imine (C=N–C) groups is 1. The molecule has 0 spiro atoms. The van der Waals surface area contributed by atoms with Crippen LogP contribution < -0.4 is 59.7 Å². The Kier molecular flexibility index (Phi) is 22.5. The Hall–Kier alpha value is -9.61. The standard InChI is InChI=1S/C60H75N15O9/c1-3-4-18-46(69-35(2)76)54(79)75-51-31-52(77)65-24-10-9-20-45(53(61)78)70-57(82)49(29-41-32-67-44-19-8-7-17-43(41)44)73-55(80)47(21-12-25-66-60(62)63)71-56(81)48(72-58(83)50(74-59(51)84)30-42-33-64-34-68-42)27-36-13-11-16-38(26-36)40-23-22-37-14-5-6-15-39(37)28-40/h5-8,11,13-17,19,22-23,26,28,32-34,45-51,67H,3-4,9-10,12,18,20-21,24-25,27,29-31H2,1-2H3,(H2,61,78)(H,64,68)(H,65,77)(H,69,76)(H,70,82)(H,71,81)(H,72,83)(H,73,80)(H,74,84)(H,75,79)(H4,62,63,66)/t45-,46-,47-,48+,49-,50-,51-/m0/s1. The highest BCUT2D eigenvalue weighted by Gasteiger charge is 2.35. The minimum absolute atomic E-state index is 0.0306. The maximum absolute atomic E-state index is 15.2. The van der Waals surface area contributed by atoms with Gasteiger partial charge in [0.1, 0.15) is 42.3 Å². The fourth-order valence-corrected chi connectivity index (χ4v) is 10.0. The maximum Gasteiger partial charge on any atom is 0.243 e. The van der Waals surface area contributed by atoms with Gasteiger partial charge < -0.3 is 69.7 Å². The van der Waals surface area contributed by atoms with Crippen molar-refractivity contribution < 1.29 is 43.2 Å². The van der Waals surface area contributed by atoms with E-state index in [1.165, 1.54) is 19.4 Å². The Morgan fingerprint density at radius 1 is 0.702 bits per heavy atom. The van der Waals surface area contributed by atoms with E-state index in [0.717, 1.165) is 32.8 Å². The van der Waals surface area contributed by atoms with Gasteiger partial charge in [0.25, 0.3) is 0 Å². The lowest BCUT2D eigenvalue weighted by atomic mass is 9.97. The van der Waals surface area contributed by atoms with Crippen LogP contribution in [0.25, 0.3) is 32.8 Å². The van der Waals surface area contributed by atoms with E-state index in [9.17, 15) is 33.6 Å². The molecular weight excluding hydrogens is 1070 g/mol. The van der Waals surface area contributed by atoms with Crippen LogP contribution in [0.15, 0.2) is 115 Å². The number of fused-ring (bicyclic) bond motifs is 2. The molecule has 16 N–H and O–H groups in total. The van der Waals surface area contributed by atoms with Gasteiger partial charge >= 0.3 is 0 Å². The van der Waals surface area contributed by atoms with E-state index in [1.54, 1.807) is 12.3 Å². The van der Waals surface area contributed by atoms with E-state index < -0.39 is 102 Å². The minimum Gasteiger partial charge on any atom is -0.370 e. The predicted octanol–water partition coefficient (Wildman–Crippen LogP) is 1.57. The molecule has 1 fully saturated rings. The molecule has 0 bridgehead atoms. The number of nitrogens with one attached hydrogen (secondary N) is 10. The van der Waals surface area contributed by atoms with Gasteiger partial charge in [0.2, 0.25) is 53.2 Å². The second-order valence-corrected chi connectivity index (χ2v) is 21.0. The molecule has 1 aliphatic rings. The Bertz CT molecular complexity index is 3320. The first-order valence-corrected chi connectivity index (χ1v) is 28.3. The fraction of sp³-hybridized carbons (Fsp3) is 0.383. The van der Waals surface area contributed by atoms with Crippen LogP contribution in [-0.2, 0) is 62.4 Å². The van der Waals surface area contributed by atoms with Crippen LogP contribution in [0, 0.1) is 0 Å². The smallest absolute Gasteiger partial charge is 0.243 e. The maximum atomic E-state index is 15.2. The van der Waals surface area contributed by atoms with Gasteiger partial charge in [-0.25, -0.2) is 4.98 Å². The van der Waals surface area contributed by atoms with Crippen LogP contribution in [0.4, 0.5) is 0 Å². The number of guanidine groups is 1. The number of nitrogens with two attached hydrogens (primary N) is 3. The van der Waals surface area contributed by atoms with E-state index in [-0.39, 0.29) is 76.8 Å². The summed E-state index contributed by atoms with van der Waals surface area (Å²) in [6.07, 6.45) is 5.54. The number of nitrogens with zero attached hydrogens (tertiary/aromatic N) is 2. The molecule has 1 aliphatic heterocycles. The van der Waals surface area contributed by atoms with Crippen LogP contribution in [0.1, 0.15) is 88.5 Å². The second kappa shape index (κ2) is 30.4. The van der Waals surface area contributed by atoms with Crippen molar-refractivity contribution in [1.82, 2.24) is 57.5 Å². The average Bonchev–Trinajstić information content (AvgIpc) is 4.12. The summed E-state index contributed by atoms with van der Waals surface area (Å²) in [6, 6.07) is 19.0. The lowest BCUT2D eigenvalue weighted by Gasteiger charge is -2.28. The van der Waals surface area contributed by atoms with Crippen LogP contribution >= 0.6 is 0 Å². The van der Waals surface area contributed by atoms with Crippen molar-refractivity contribution in [2.75, 3.05) is 13.1 Å². The summed E-state index contributed by atoms with van der Waals surface area (Å²) in [7, 11) is 0. The highest BCUT2D eigenvalue weighted by molar-refractivity contribution is 5.99. The lowest BCUT2D eigenvalue weighted by molar-refractivity contribution is -0.136. The number of aromatic nitrogens is 3. The molecular formula is C60H75N15O9. The van der Waals surface area contributed by atoms with E-state index >= 15 is 9.59 Å². The number of rotatable bonds is 18. The molecule has 6 aromatic rings. The summed E-state index contributed by atoms with van der Waals surface area (Å²) in [5, 5.41) is 24.7. The molecule has 0 saturated carbocycles. The molecule has 444 valence electrons. The van der Waals surface area contributed by atoms with E-state index in [2.05, 4.69) is 62.5 Å². The van der Waals surface area contributed by atoms with Crippen LogP contribution in [0.5, 0.6) is 0 Å².